The number of piperazine rings is 1. The van der Waals surface area contributed by atoms with Gasteiger partial charge < -0.3 is 10.2 Å². The number of aromatic nitrogens is 1. The Balaban J connectivity index is 2.20. The molecule has 0 aromatic carbocycles. The first kappa shape index (κ1) is 15.2. The molecule has 1 aliphatic heterocycles. The van der Waals surface area contributed by atoms with Crippen LogP contribution in [0.4, 0.5) is 10.2 Å². The van der Waals surface area contributed by atoms with Crippen LogP contribution in [0.5, 0.6) is 0 Å². The number of halogens is 1. The number of anilines is 1. The number of pyridine rings is 1. The number of hydrogen-bond donors (Lipinski definition) is 1. The van der Waals surface area contributed by atoms with Gasteiger partial charge in [0, 0.05) is 43.5 Å². The number of hydrogen-bond acceptors (Lipinski definition) is 4. The van der Waals surface area contributed by atoms with Crippen LogP contribution < -0.4 is 10.2 Å². The van der Waals surface area contributed by atoms with E-state index >= 15 is 0 Å². The third-order valence-electron chi connectivity index (χ3n) is 4.18. The van der Waals surface area contributed by atoms with Gasteiger partial charge in [-0.25, -0.2) is 9.37 Å². The normalized spacial score (nSPS) is 24.1. The third-order valence-corrected chi connectivity index (χ3v) is 4.18. The minimum absolute atomic E-state index is 0.183. The summed E-state index contributed by atoms with van der Waals surface area (Å²) < 4.78 is 14.6. The average Bonchev–Trinajstić information content (AvgIpc) is 2.43. The second kappa shape index (κ2) is 6.50. The molecule has 0 spiro atoms. The van der Waals surface area contributed by atoms with Gasteiger partial charge in [0.15, 0.2) is 11.6 Å². The van der Waals surface area contributed by atoms with E-state index in [4.69, 9.17) is 0 Å². The van der Waals surface area contributed by atoms with Gasteiger partial charge in [0.1, 0.15) is 0 Å². The van der Waals surface area contributed by atoms with Crippen LogP contribution in [0.25, 0.3) is 0 Å². The zero-order valence-corrected chi connectivity index (χ0v) is 12.9. The minimum Gasteiger partial charge on any atom is -0.351 e. The van der Waals surface area contributed by atoms with Crippen LogP contribution in [-0.4, -0.2) is 48.6 Å². The highest BCUT2D eigenvalue weighted by Gasteiger charge is 2.29. The van der Waals surface area contributed by atoms with Gasteiger partial charge in [0.05, 0.1) is 0 Å². The maximum Gasteiger partial charge on any atom is 0.170 e. The van der Waals surface area contributed by atoms with E-state index in [1.54, 1.807) is 12.3 Å². The van der Waals surface area contributed by atoms with Crippen molar-refractivity contribution in [1.82, 2.24) is 15.2 Å². The van der Waals surface area contributed by atoms with Gasteiger partial charge in [-0.15, -0.1) is 0 Å². The summed E-state index contributed by atoms with van der Waals surface area (Å²) in [7, 11) is 2.12. The lowest BCUT2D eigenvalue weighted by molar-refractivity contribution is 0.169. The van der Waals surface area contributed by atoms with Crippen LogP contribution in [-0.2, 0) is 6.54 Å². The van der Waals surface area contributed by atoms with Crippen molar-refractivity contribution in [2.75, 3.05) is 31.6 Å². The van der Waals surface area contributed by atoms with Crippen LogP contribution in [0.15, 0.2) is 12.3 Å². The van der Waals surface area contributed by atoms with Crippen LogP contribution in [0, 0.1) is 5.82 Å². The van der Waals surface area contributed by atoms with E-state index in [1.807, 2.05) is 6.92 Å². The Kier molecular flexibility index (Phi) is 4.94. The maximum atomic E-state index is 14.6. The molecule has 4 nitrogen and oxygen atoms in total. The molecule has 1 fully saturated rings. The molecule has 0 saturated carbocycles. The summed E-state index contributed by atoms with van der Waals surface area (Å²) in [4.78, 5) is 8.67. The lowest BCUT2D eigenvalue weighted by atomic mass is 10.1. The lowest BCUT2D eigenvalue weighted by Gasteiger charge is -2.43. The van der Waals surface area contributed by atoms with Crippen molar-refractivity contribution in [3.63, 3.8) is 0 Å². The second-order valence-corrected chi connectivity index (χ2v) is 5.66. The first-order valence-electron chi connectivity index (χ1n) is 7.35. The van der Waals surface area contributed by atoms with Crippen LogP contribution >= 0.6 is 0 Å². The Hall–Kier alpha value is -1.20. The van der Waals surface area contributed by atoms with Crippen LogP contribution in [0.2, 0.25) is 0 Å². The Morgan fingerprint density at radius 2 is 2.00 bits per heavy atom. The molecular weight excluding hydrogens is 255 g/mol. The van der Waals surface area contributed by atoms with E-state index in [-0.39, 0.29) is 5.82 Å². The molecular formula is C15H25FN4. The molecule has 5 heteroatoms. The van der Waals surface area contributed by atoms with Crippen LogP contribution in [0.1, 0.15) is 26.3 Å². The zero-order valence-electron chi connectivity index (χ0n) is 12.9. The van der Waals surface area contributed by atoms with Gasteiger partial charge >= 0.3 is 0 Å². The molecule has 2 unspecified atom stereocenters. The highest BCUT2D eigenvalue weighted by atomic mass is 19.1. The fourth-order valence-corrected chi connectivity index (χ4v) is 2.67. The summed E-state index contributed by atoms with van der Waals surface area (Å²) in [5.41, 5.74) is 0.691. The quantitative estimate of drug-likeness (QED) is 0.912. The molecule has 20 heavy (non-hydrogen) atoms. The van der Waals surface area contributed by atoms with E-state index in [1.165, 1.54) is 0 Å². The fourth-order valence-electron chi connectivity index (χ4n) is 2.67. The molecule has 1 aromatic rings. The maximum absolute atomic E-state index is 14.6. The largest absolute Gasteiger partial charge is 0.351 e. The highest BCUT2D eigenvalue weighted by Crippen LogP contribution is 2.24. The molecule has 2 rings (SSSR count). The van der Waals surface area contributed by atoms with Crippen molar-refractivity contribution in [3.8, 4) is 0 Å². The Labute approximate surface area is 121 Å². The van der Waals surface area contributed by atoms with Crippen molar-refractivity contribution in [2.24, 2.45) is 0 Å². The highest BCUT2D eigenvalue weighted by molar-refractivity contribution is 5.44. The van der Waals surface area contributed by atoms with Gasteiger partial charge in [-0.2, -0.15) is 0 Å². The van der Waals surface area contributed by atoms with Crippen molar-refractivity contribution in [1.29, 1.82) is 0 Å². The number of likely N-dealkylation sites (N-methyl/N-ethyl adjacent to an activating group) is 1. The Morgan fingerprint density at radius 1 is 1.35 bits per heavy atom. The SMILES string of the molecule is CCNCc1ccnc(N2CC(C)N(C)C(C)C2)c1F. The van der Waals surface area contributed by atoms with Crippen molar-refractivity contribution in [2.45, 2.75) is 39.4 Å². The standard InChI is InChI=1S/C15H25FN4/c1-5-17-8-13-6-7-18-15(14(13)16)20-9-11(2)19(4)12(3)10-20/h6-7,11-12,17H,5,8-10H2,1-4H3. The van der Waals surface area contributed by atoms with E-state index in [2.05, 4.69) is 41.0 Å². The lowest BCUT2D eigenvalue weighted by Crippen LogP contribution is -2.55. The molecule has 0 bridgehead atoms. The van der Waals surface area contributed by atoms with Gasteiger partial charge in [0.25, 0.3) is 0 Å². The summed E-state index contributed by atoms with van der Waals surface area (Å²) in [6.07, 6.45) is 1.71. The Morgan fingerprint density at radius 3 is 2.60 bits per heavy atom. The van der Waals surface area contributed by atoms with Gasteiger partial charge in [-0.3, -0.25) is 4.90 Å². The summed E-state index contributed by atoms with van der Waals surface area (Å²) in [5.74, 6) is 0.310. The van der Waals surface area contributed by atoms with E-state index in [0.29, 0.717) is 30.0 Å². The van der Waals surface area contributed by atoms with Gasteiger partial charge in [0.2, 0.25) is 0 Å². The Bertz CT molecular complexity index is 439. The topological polar surface area (TPSA) is 31.4 Å². The minimum atomic E-state index is -0.183. The van der Waals surface area contributed by atoms with E-state index in [0.717, 1.165) is 19.6 Å². The molecule has 0 amide bonds. The molecule has 1 saturated heterocycles. The van der Waals surface area contributed by atoms with Crippen LogP contribution in [0.3, 0.4) is 0 Å². The first-order chi connectivity index (χ1) is 9.54. The molecule has 1 aromatic heterocycles. The number of nitrogens with one attached hydrogen (secondary N) is 1. The third kappa shape index (κ3) is 3.10. The fraction of sp³-hybridized carbons (Fsp3) is 0.667. The second-order valence-electron chi connectivity index (χ2n) is 5.66. The monoisotopic (exact) mass is 280 g/mol. The van der Waals surface area contributed by atoms with Gasteiger partial charge in [-0.1, -0.05) is 6.92 Å². The van der Waals surface area contributed by atoms with E-state index in [9.17, 15) is 4.39 Å². The molecule has 0 aliphatic carbocycles. The molecule has 1 aliphatic rings. The molecule has 0 radical (unpaired) electrons. The van der Waals surface area contributed by atoms with Crippen molar-refractivity contribution >= 4 is 5.82 Å². The van der Waals surface area contributed by atoms with E-state index < -0.39 is 0 Å². The summed E-state index contributed by atoms with van der Waals surface area (Å²) in [5, 5.41) is 3.17. The predicted molar refractivity (Wildman–Crippen MR) is 80.5 cm³/mol. The predicted octanol–water partition coefficient (Wildman–Crippen LogP) is 1.86. The van der Waals surface area contributed by atoms with Crippen molar-refractivity contribution < 1.29 is 4.39 Å². The summed E-state index contributed by atoms with van der Waals surface area (Å²) in [6, 6.07) is 2.56. The molecule has 112 valence electrons. The summed E-state index contributed by atoms with van der Waals surface area (Å²) in [6.45, 7) is 9.37. The average molecular weight is 280 g/mol. The summed E-state index contributed by atoms with van der Waals surface area (Å²) >= 11 is 0. The molecule has 2 atom stereocenters. The molecule has 2 heterocycles. The first-order valence-corrected chi connectivity index (χ1v) is 7.35. The van der Waals surface area contributed by atoms with Crippen molar-refractivity contribution in [3.05, 3.63) is 23.6 Å². The zero-order chi connectivity index (χ0) is 14.7. The smallest absolute Gasteiger partial charge is 0.170 e. The molecule has 1 N–H and O–H groups in total. The van der Waals surface area contributed by atoms with Gasteiger partial charge in [-0.05, 0) is 33.5 Å². The number of rotatable bonds is 4. The number of nitrogens with zero attached hydrogens (tertiary/aromatic N) is 3.